The van der Waals surface area contributed by atoms with Gasteiger partial charge in [0.25, 0.3) is 0 Å². The monoisotopic (exact) mass is 263 g/mol. The van der Waals surface area contributed by atoms with Crippen LogP contribution in [0, 0.1) is 5.92 Å². The maximum Gasteiger partial charge on any atom is 0.224 e. The molecular formula is C10H17NO5S. The lowest BCUT2D eigenvalue weighted by Crippen LogP contribution is -2.45. The zero-order valence-electron chi connectivity index (χ0n) is 9.52. The number of rotatable bonds is 3. The van der Waals surface area contributed by atoms with Crippen LogP contribution in [0.25, 0.3) is 0 Å². The molecule has 98 valence electrons. The molecule has 2 aliphatic rings. The van der Waals surface area contributed by atoms with Crippen LogP contribution in [0.3, 0.4) is 0 Å². The second-order valence-corrected chi connectivity index (χ2v) is 7.07. The maximum absolute atomic E-state index is 11.7. The van der Waals surface area contributed by atoms with Gasteiger partial charge in [0.15, 0.2) is 9.84 Å². The van der Waals surface area contributed by atoms with E-state index in [4.69, 9.17) is 4.74 Å². The van der Waals surface area contributed by atoms with Crippen LogP contribution in [0.5, 0.6) is 0 Å². The van der Waals surface area contributed by atoms with E-state index in [0.717, 1.165) is 0 Å². The molecule has 0 aromatic rings. The van der Waals surface area contributed by atoms with Crippen LogP contribution in [-0.2, 0) is 19.4 Å². The van der Waals surface area contributed by atoms with Gasteiger partial charge in [-0.25, -0.2) is 8.42 Å². The minimum atomic E-state index is -3.04. The summed E-state index contributed by atoms with van der Waals surface area (Å²) in [6.45, 7) is 0.836. The van der Waals surface area contributed by atoms with Crippen molar-refractivity contribution in [3.63, 3.8) is 0 Å². The lowest BCUT2D eigenvalue weighted by atomic mass is 10.0. The predicted molar refractivity (Wildman–Crippen MR) is 60.2 cm³/mol. The number of ether oxygens (including phenoxy) is 1. The number of hydrogen-bond acceptors (Lipinski definition) is 5. The maximum atomic E-state index is 11.7. The molecule has 0 aliphatic carbocycles. The van der Waals surface area contributed by atoms with Crippen LogP contribution >= 0.6 is 0 Å². The molecular weight excluding hydrogens is 246 g/mol. The van der Waals surface area contributed by atoms with Gasteiger partial charge < -0.3 is 15.2 Å². The van der Waals surface area contributed by atoms with Gasteiger partial charge in [-0.05, 0) is 6.42 Å². The molecule has 2 heterocycles. The van der Waals surface area contributed by atoms with Crippen LogP contribution in [0.15, 0.2) is 0 Å². The third-order valence-electron chi connectivity index (χ3n) is 3.28. The van der Waals surface area contributed by atoms with Crippen molar-refractivity contribution >= 4 is 15.7 Å². The molecule has 0 radical (unpaired) electrons. The molecule has 0 spiro atoms. The molecule has 2 saturated heterocycles. The fraction of sp³-hybridized carbons (Fsp3) is 0.900. The summed E-state index contributed by atoms with van der Waals surface area (Å²) in [5.74, 6) is -0.746. The number of sulfone groups is 1. The van der Waals surface area contributed by atoms with E-state index < -0.39 is 21.4 Å². The van der Waals surface area contributed by atoms with Gasteiger partial charge in [-0.3, -0.25) is 4.79 Å². The highest BCUT2D eigenvalue weighted by atomic mass is 32.2. The third-order valence-corrected chi connectivity index (χ3v) is 5.05. The second-order valence-electron chi connectivity index (χ2n) is 4.84. The number of carbonyl (C=O) groups excluding carboxylic acids is 1. The number of aliphatic hydroxyl groups is 1. The normalized spacial score (nSPS) is 35.9. The first-order chi connectivity index (χ1) is 7.90. The van der Waals surface area contributed by atoms with Crippen molar-refractivity contribution in [2.24, 2.45) is 5.92 Å². The van der Waals surface area contributed by atoms with E-state index in [-0.39, 0.29) is 30.6 Å². The van der Waals surface area contributed by atoms with E-state index in [1.165, 1.54) is 0 Å². The van der Waals surface area contributed by atoms with Gasteiger partial charge in [-0.2, -0.15) is 0 Å². The van der Waals surface area contributed by atoms with Crippen LogP contribution in [-0.4, -0.2) is 56.3 Å². The average Bonchev–Trinajstić information content (AvgIpc) is 2.82. The highest BCUT2D eigenvalue weighted by Crippen LogP contribution is 2.20. The van der Waals surface area contributed by atoms with Gasteiger partial charge in [0, 0.05) is 19.6 Å². The minimum absolute atomic E-state index is 0.0756. The smallest absolute Gasteiger partial charge is 0.224 e. The average molecular weight is 263 g/mol. The first kappa shape index (κ1) is 12.8. The summed E-state index contributed by atoms with van der Waals surface area (Å²) in [5, 5.41) is 12.5. The third kappa shape index (κ3) is 3.17. The van der Waals surface area contributed by atoms with Crippen molar-refractivity contribution in [2.75, 3.05) is 31.3 Å². The zero-order chi connectivity index (χ0) is 12.5. The van der Waals surface area contributed by atoms with E-state index in [1.54, 1.807) is 0 Å². The van der Waals surface area contributed by atoms with Crippen molar-refractivity contribution in [3.8, 4) is 0 Å². The van der Waals surface area contributed by atoms with Crippen molar-refractivity contribution in [3.05, 3.63) is 0 Å². The highest BCUT2D eigenvalue weighted by molar-refractivity contribution is 7.91. The molecule has 7 heteroatoms. The Bertz CT molecular complexity index is 399. The van der Waals surface area contributed by atoms with E-state index in [0.29, 0.717) is 19.4 Å². The molecule has 0 aromatic carbocycles. The molecule has 2 atom stereocenters. The van der Waals surface area contributed by atoms with Gasteiger partial charge >= 0.3 is 0 Å². The Hall–Kier alpha value is -0.660. The van der Waals surface area contributed by atoms with Crippen LogP contribution < -0.4 is 5.32 Å². The number of nitrogens with one attached hydrogen (secondary N) is 1. The molecule has 2 rings (SSSR count). The van der Waals surface area contributed by atoms with Gasteiger partial charge in [0.2, 0.25) is 5.91 Å². The van der Waals surface area contributed by atoms with Crippen molar-refractivity contribution in [2.45, 2.75) is 18.4 Å². The molecule has 0 saturated carbocycles. The topological polar surface area (TPSA) is 92.7 Å². The SMILES string of the molecule is O=C(NCC1(O)CCOC1)C1CCS(=O)(=O)C1. The Morgan fingerprint density at radius 2 is 2.29 bits per heavy atom. The number of amides is 1. The molecule has 6 nitrogen and oxygen atoms in total. The quantitative estimate of drug-likeness (QED) is 0.659. The summed E-state index contributed by atoms with van der Waals surface area (Å²) >= 11 is 0. The van der Waals surface area contributed by atoms with E-state index >= 15 is 0 Å². The van der Waals surface area contributed by atoms with Crippen LogP contribution in [0.2, 0.25) is 0 Å². The first-order valence-corrected chi connectivity index (χ1v) is 7.51. The summed E-state index contributed by atoms with van der Waals surface area (Å²) in [4.78, 5) is 11.7. The molecule has 2 aliphatic heterocycles. The fourth-order valence-corrected chi connectivity index (χ4v) is 3.88. The van der Waals surface area contributed by atoms with Gasteiger partial charge in [-0.1, -0.05) is 0 Å². The number of carbonyl (C=O) groups is 1. The molecule has 1 amide bonds. The van der Waals surface area contributed by atoms with E-state index in [9.17, 15) is 18.3 Å². The molecule has 2 N–H and O–H groups in total. The predicted octanol–water partition coefficient (Wildman–Crippen LogP) is -1.31. The number of hydrogen-bond donors (Lipinski definition) is 2. The largest absolute Gasteiger partial charge is 0.386 e. The standard InChI is InChI=1S/C10H17NO5S/c12-9(8-1-4-17(14,15)5-8)11-6-10(13)2-3-16-7-10/h8,13H,1-7H2,(H,11,12). The Morgan fingerprint density at radius 1 is 1.53 bits per heavy atom. The molecule has 17 heavy (non-hydrogen) atoms. The molecule has 0 bridgehead atoms. The first-order valence-electron chi connectivity index (χ1n) is 5.69. The van der Waals surface area contributed by atoms with Crippen LogP contribution in [0.1, 0.15) is 12.8 Å². The van der Waals surface area contributed by atoms with E-state index in [2.05, 4.69) is 5.32 Å². The van der Waals surface area contributed by atoms with Crippen molar-refractivity contribution in [1.29, 1.82) is 0 Å². The van der Waals surface area contributed by atoms with Gasteiger partial charge in [-0.15, -0.1) is 0 Å². The summed E-state index contributed by atoms with van der Waals surface area (Å²) in [5.41, 5.74) is -0.993. The Balaban J connectivity index is 1.82. The summed E-state index contributed by atoms with van der Waals surface area (Å²) in [6.07, 6.45) is 0.874. The summed E-state index contributed by atoms with van der Waals surface area (Å²) < 4.78 is 27.5. The Morgan fingerprint density at radius 3 is 2.82 bits per heavy atom. The zero-order valence-corrected chi connectivity index (χ0v) is 10.3. The Kier molecular flexibility index (Phi) is 3.42. The fourth-order valence-electron chi connectivity index (χ4n) is 2.13. The highest BCUT2D eigenvalue weighted by Gasteiger charge is 2.36. The second kappa shape index (κ2) is 4.55. The van der Waals surface area contributed by atoms with E-state index in [1.807, 2.05) is 0 Å². The van der Waals surface area contributed by atoms with Crippen molar-refractivity contribution < 1.29 is 23.1 Å². The summed E-state index contributed by atoms with van der Waals surface area (Å²) in [7, 11) is -3.04. The summed E-state index contributed by atoms with van der Waals surface area (Å²) in [6, 6.07) is 0. The molecule has 0 aromatic heterocycles. The molecule has 2 fully saturated rings. The van der Waals surface area contributed by atoms with Gasteiger partial charge in [0.1, 0.15) is 5.60 Å². The lowest BCUT2D eigenvalue weighted by Gasteiger charge is -2.21. The Labute approximate surface area is 100 Å². The van der Waals surface area contributed by atoms with Crippen LogP contribution in [0.4, 0.5) is 0 Å². The lowest BCUT2D eigenvalue weighted by molar-refractivity contribution is -0.125. The minimum Gasteiger partial charge on any atom is -0.386 e. The molecule has 2 unspecified atom stereocenters. The van der Waals surface area contributed by atoms with Crippen molar-refractivity contribution in [1.82, 2.24) is 5.32 Å². The van der Waals surface area contributed by atoms with Gasteiger partial charge in [0.05, 0.1) is 24.0 Å².